The number of hydrogen-bond acceptors (Lipinski definition) is 10. The van der Waals surface area contributed by atoms with Gasteiger partial charge in [0.1, 0.15) is 17.1 Å². The van der Waals surface area contributed by atoms with Gasteiger partial charge in [-0.25, -0.2) is 0 Å². The first-order valence-electron chi connectivity index (χ1n) is 14.2. The lowest BCUT2D eigenvalue weighted by atomic mass is 9.72. The quantitative estimate of drug-likeness (QED) is 0.233. The number of aliphatic hydroxyl groups is 1. The van der Waals surface area contributed by atoms with E-state index in [2.05, 4.69) is 0 Å². The molecule has 2 aliphatic carbocycles. The number of benzene rings is 3. The maximum absolute atomic E-state index is 13.5. The molecule has 1 saturated heterocycles. The first-order valence-corrected chi connectivity index (χ1v) is 14.2. The summed E-state index contributed by atoms with van der Waals surface area (Å²) in [6.07, 6.45) is -3.52. The van der Waals surface area contributed by atoms with E-state index >= 15 is 0 Å². The number of halogens is 1. The molecule has 1 aliphatic heterocycles. The fraction of sp³-hybridized carbons (Fsp3) is 0.364. The van der Waals surface area contributed by atoms with E-state index in [0.29, 0.717) is 6.61 Å². The Labute approximate surface area is 260 Å². The highest BCUT2D eigenvalue weighted by molar-refractivity contribution is 6.30. The number of phenols is 2. The van der Waals surface area contributed by atoms with Crippen molar-refractivity contribution in [1.29, 1.82) is 0 Å². The number of nitrogens with two attached hydrogens (primary N) is 1. The van der Waals surface area contributed by atoms with E-state index in [1.54, 1.807) is 19.1 Å². The zero-order valence-electron chi connectivity index (χ0n) is 24.2. The number of carbonyl (C=O) groups is 3. The van der Waals surface area contributed by atoms with Crippen LogP contribution in [0.2, 0.25) is 0 Å². The zero-order chi connectivity index (χ0) is 30.6. The highest BCUT2D eigenvalue weighted by Crippen LogP contribution is 2.52. The molecule has 1 heterocycles. The van der Waals surface area contributed by atoms with Crippen LogP contribution in [0.3, 0.4) is 0 Å². The highest BCUT2D eigenvalue weighted by atomic mass is 35.5. The molecule has 0 spiro atoms. The van der Waals surface area contributed by atoms with Crippen molar-refractivity contribution < 1.29 is 43.9 Å². The molecule has 232 valence electrons. The molecule has 5 N–H and O–H groups in total. The van der Waals surface area contributed by atoms with Crippen LogP contribution < -0.4 is 5.73 Å². The number of fused-ring (bicyclic) bond motifs is 3. The van der Waals surface area contributed by atoms with Gasteiger partial charge in [-0.1, -0.05) is 54.6 Å². The van der Waals surface area contributed by atoms with Crippen molar-refractivity contribution in [3.63, 3.8) is 0 Å². The first kappa shape index (κ1) is 31.8. The van der Waals surface area contributed by atoms with Gasteiger partial charge in [-0.2, -0.15) is 0 Å². The van der Waals surface area contributed by atoms with Crippen LogP contribution in [0.4, 0.5) is 0 Å². The topological polar surface area (TPSA) is 166 Å². The molecular weight excluding hydrogens is 590 g/mol. The molecular formula is C33H34ClNO9. The fourth-order valence-corrected chi connectivity index (χ4v) is 6.44. The Hall–Kier alpha value is -3.64. The second-order valence-electron chi connectivity index (χ2n) is 11.6. The Bertz CT molecular complexity index is 1620. The van der Waals surface area contributed by atoms with Gasteiger partial charge >= 0.3 is 0 Å². The fourth-order valence-electron chi connectivity index (χ4n) is 6.44. The van der Waals surface area contributed by atoms with Crippen LogP contribution in [0.5, 0.6) is 11.5 Å². The molecule has 0 bridgehead atoms. The van der Waals surface area contributed by atoms with Gasteiger partial charge in [0.05, 0.1) is 36.0 Å². The van der Waals surface area contributed by atoms with Gasteiger partial charge in [-0.15, -0.1) is 12.4 Å². The van der Waals surface area contributed by atoms with Gasteiger partial charge < -0.3 is 35.3 Å². The minimum atomic E-state index is -1.97. The standard InChI is InChI=1S/C33H33NO9.ClH/c1-16-32(41-15-18-8-4-3-5-9-18)22(34)12-24(42-16)43-23-14-33(40,17(2)35)13-21-25(23)31(39)27-26(30(21)38)28(36)19-10-6-7-11-20(19)29(27)37;/h3-11,16,22-24,32,38-40H,12-15,34H2,1-2H3;1H/t16?,22?,23-,24?,32?,33?;/m1./s1. The summed E-state index contributed by atoms with van der Waals surface area (Å²) in [6.45, 7) is 3.35. The summed E-state index contributed by atoms with van der Waals surface area (Å²) in [4.78, 5) is 39.6. The summed E-state index contributed by atoms with van der Waals surface area (Å²) in [5, 5.41) is 34.3. The smallest absolute Gasteiger partial charge is 0.198 e. The zero-order valence-corrected chi connectivity index (χ0v) is 25.0. The molecule has 11 heteroatoms. The van der Waals surface area contributed by atoms with Crippen LogP contribution in [0, 0.1) is 0 Å². The average Bonchev–Trinajstić information content (AvgIpc) is 2.97. The maximum atomic E-state index is 13.5. The van der Waals surface area contributed by atoms with Crippen LogP contribution in [-0.2, 0) is 32.0 Å². The van der Waals surface area contributed by atoms with Crippen molar-refractivity contribution >= 4 is 29.8 Å². The molecule has 6 rings (SSSR count). The largest absolute Gasteiger partial charge is 0.507 e. The first-order chi connectivity index (χ1) is 20.5. The summed E-state index contributed by atoms with van der Waals surface area (Å²) >= 11 is 0. The lowest BCUT2D eigenvalue weighted by Crippen LogP contribution is -2.53. The third kappa shape index (κ3) is 5.32. The average molecular weight is 624 g/mol. The Balaban J connectivity index is 0.00000384. The Kier molecular flexibility index (Phi) is 8.69. The number of ether oxygens (including phenoxy) is 3. The molecule has 10 nitrogen and oxygen atoms in total. The van der Waals surface area contributed by atoms with Gasteiger partial charge in [0.25, 0.3) is 0 Å². The minimum absolute atomic E-state index is 0. The number of Topliss-reactive ketones (excluding diaryl/α,β-unsaturated/α-hetero) is 1. The molecule has 6 atom stereocenters. The molecule has 0 aromatic heterocycles. The minimum Gasteiger partial charge on any atom is -0.507 e. The van der Waals surface area contributed by atoms with Gasteiger partial charge in [0.15, 0.2) is 23.6 Å². The maximum Gasteiger partial charge on any atom is 0.198 e. The van der Waals surface area contributed by atoms with Crippen LogP contribution in [0.25, 0.3) is 0 Å². The highest BCUT2D eigenvalue weighted by Gasteiger charge is 2.49. The van der Waals surface area contributed by atoms with Crippen molar-refractivity contribution in [2.45, 2.75) is 76.0 Å². The molecule has 0 radical (unpaired) electrons. The Morgan fingerprint density at radius 1 is 1.00 bits per heavy atom. The van der Waals surface area contributed by atoms with Crippen LogP contribution in [-0.4, -0.2) is 62.8 Å². The summed E-state index contributed by atoms with van der Waals surface area (Å²) in [5.74, 6) is -2.97. The Morgan fingerprint density at radius 3 is 2.18 bits per heavy atom. The molecule has 3 aliphatic rings. The van der Waals surface area contributed by atoms with Crippen molar-refractivity contribution in [3.8, 4) is 11.5 Å². The molecule has 0 saturated carbocycles. The number of rotatable bonds is 6. The van der Waals surface area contributed by atoms with Gasteiger partial charge in [-0.05, 0) is 19.4 Å². The van der Waals surface area contributed by atoms with Crippen molar-refractivity contribution in [2.75, 3.05) is 0 Å². The number of carbonyl (C=O) groups excluding carboxylic acids is 3. The normalized spacial score (nSPS) is 27.5. The van der Waals surface area contributed by atoms with E-state index in [1.165, 1.54) is 19.1 Å². The lowest BCUT2D eigenvalue weighted by molar-refractivity contribution is -0.254. The van der Waals surface area contributed by atoms with Crippen molar-refractivity contribution in [2.24, 2.45) is 5.73 Å². The predicted octanol–water partition coefficient (Wildman–Crippen LogP) is 3.67. The van der Waals surface area contributed by atoms with Gasteiger partial charge in [0.2, 0.25) is 0 Å². The number of phenolic OH excluding ortho intramolecular Hbond substituents is 2. The third-order valence-electron chi connectivity index (χ3n) is 8.75. The molecule has 1 fully saturated rings. The van der Waals surface area contributed by atoms with E-state index in [0.717, 1.165) is 5.56 Å². The molecule has 44 heavy (non-hydrogen) atoms. The summed E-state index contributed by atoms with van der Waals surface area (Å²) in [7, 11) is 0. The van der Waals surface area contributed by atoms with E-state index in [-0.39, 0.29) is 65.1 Å². The van der Waals surface area contributed by atoms with Crippen molar-refractivity contribution in [3.05, 3.63) is 93.5 Å². The number of ketones is 3. The monoisotopic (exact) mass is 623 g/mol. The second kappa shape index (κ2) is 12.0. The van der Waals surface area contributed by atoms with Gasteiger partial charge in [-0.3, -0.25) is 14.4 Å². The molecule has 3 aromatic carbocycles. The van der Waals surface area contributed by atoms with Gasteiger partial charge in [0, 0.05) is 47.6 Å². The van der Waals surface area contributed by atoms with E-state index in [4.69, 9.17) is 19.9 Å². The summed E-state index contributed by atoms with van der Waals surface area (Å²) < 4.78 is 18.5. The lowest BCUT2D eigenvalue weighted by Gasteiger charge is -2.43. The van der Waals surface area contributed by atoms with E-state index in [9.17, 15) is 29.7 Å². The molecule has 0 amide bonds. The van der Waals surface area contributed by atoms with E-state index < -0.39 is 65.1 Å². The van der Waals surface area contributed by atoms with Crippen LogP contribution in [0.1, 0.15) is 81.3 Å². The second-order valence-corrected chi connectivity index (χ2v) is 11.6. The van der Waals surface area contributed by atoms with Crippen LogP contribution in [0.15, 0.2) is 54.6 Å². The predicted molar refractivity (Wildman–Crippen MR) is 160 cm³/mol. The van der Waals surface area contributed by atoms with E-state index in [1.807, 2.05) is 30.3 Å². The molecule has 5 unspecified atom stereocenters. The summed E-state index contributed by atoms with van der Waals surface area (Å²) in [6, 6.07) is 15.3. The van der Waals surface area contributed by atoms with Crippen LogP contribution >= 0.6 is 12.4 Å². The number of hydrogen-bond donors (Lipinski definition) is 4. The van der Waals surface area contributed by atoms with Crippen molar-refractivity contribution in [1.82, 2.24) is 0 Å². The Morgan fingerprint density at radius 2 is 1.59 bits per heavy atom. The third-order valence-corrected chi connectivity index (χ3v) is 8.75. The molecule has 3 aromatic rings. The SMILES string of the molecule is CC(=O)C1(O)Cc2c(O)c3c(c(O)c2[C@H](OC2CC(N)C(OCc4ccccc4)C(C)O2)C1)C(=O)c1ccccc1C3=O.Cl. The summed E-state index contributed by atoms with van der Waals surface area (Å²) in [5.41, 5.74) is 4.96. The number of aromatic hydroxyl groups is 2.